The van der Waals surface area contributed by atoms with Gasteiger partial charge in [0.2, 0.25) is 0 Å². The predicted molar refractivity (Wildman–Crippen MR) is 49.1 cm³/mol. The van der Waals surface area contributed by atoms with Crippen LogP contribution in [0.15, 0.2) is 6.20 Å². The number of hydrogen-bond donors (Lipinski definition) is 0. The zero-order chi connectivity index (χ0) is 10.7. The minimum absolute atomic E-state index is 0.0560. The first-order valence-corrected chi connectivity index (χ1v) is 4.49. The third kappa shape index (κ3) is 2.01. The number of carbonyl (C=O) groups excluding carboxylic acids is 1. The number of halogens is 4. The van der Waals surface area contributed by atoms with Gasteiger partial charge in [0.15, 0.2) is 6.29 Å². The summed E-state index contributed by atoms with van der Waals surface area (Å²) in [4.78, 5) is 13.9. The molecule has 0 unspecified atom stereocenters. The molecule has 0 aromatic carbocycles. The number of pyridine rings is 1. The number of rotatable bonds is 3. The molecular formula is C8H5Cl2F2NO. The molecule has 0 saturated carbocycles. The van der Waals surface area contributed by atoms with Gasteiger partial charge in [-0.15, -0.1) is 11.6 Å². The van der Waals surface area contributed by atoms with Crippen molar-refractivity contribution >= 4 is 29.5 Å². The fraction of sp³-hybridized carbons (Fsp3) is 0.250. The molecule has 0 N–H and O–H groups in total. The minimum atomic E-state index is -2.70. The molecule has 1 heterocycles. The van der Waals surface area contributed by atoms with Crippen LogP contribution in [0, 0.1) is 0 Å². The van der Waals surface area contributed by atoms with Crippen LogP contribution < -0.4 is 0 Å². The van der Waals surface area contributed by atoms with Crippen LogP contribution in [0.5, 0.6) is 0 Å². The second kappa shape index (κ2) is 4.66. The van der Waals surface area contributed by atoms with Gasteiger partial charge in [0, 0.05) is 17.6 Å². The Morgan fingerprint density at radius 3 is 2.64 bits per heavy atom. The van der Waals surface area contributed by atoms with Gasteiger partial charge >= 0.3 is 0 Å². The lowest BCUT2D eigenvalue weighted by atomic mass is 10.1. The maximum absolute atomic E-state index is 12.4. The average molecular weight is 240 g/mol. The Balaban J connectivity index is 3.35. The molecule has 0 spiro atoms. The zero-order valence-corrected chi connectivity index (χ0v) is 8.32. The van der Waals surface area contributed by atoms with Crippen molar-refractivity contribution in [1.29, 1.82) is 0 Å². The summed E-state index contributed by atoms with van der Waals surface area (Å²) < 4.78 is 24.8. The van der Waals surface area contributed by atoms with Crippen molar-refractivity contribution < 1.29 is 13.6 Å². The van der Waals surface area contributed by atoms with Crippen LogP contribution in [-0.4, -0.2) is 11.3 Å². The number of hydrogen-bond acceptors (Lipinski definition) is 2. The van der Waals surface area contributed by atoms with Crippen LogP contribution >= 0.6 is 23.2 Å². The van der Waals surface area contributed by atoms with Gasteiger partial charge in [-0.3, -0.25) is 9.78 Å². The van der Waals surface area contributed by atoms with E-state index in [-0.39, 0.29) is 27.7 Å². The fourth-order valence-electron chi connectivity index (χ4n) is 0.961. The molecule has 1 rings (SSSR count). The van der Waals surface area contributed by atoms with Crippen LogP contribution in [0.1, 0.15) is 28.0 Å². The van der Waals surface area contributed by atoms with E-state index in [1.807, 2.05) is 0 Å². The largest absolute Gasteiger partial charge is 0.296 e. The first-order valence-electron chi connectivity index (χ1n) is 3.58. The van der Waals surface area contributed by atoms with E-state index in [0.29, 0.717) is 6.29 Å². The van der Waals surface area contributed by atoms with Crippen molar-refractivity contribution in [3.63, 3.8) is 0 Å². The SMILES string of the molecule is O=Cc1ncc(C(F)F)c(CCl)c1Cl. The molecule has 14 heavy (non-hydrogen) atoms. The van der Waals surface area contributed by atoms with Gasteiger partial charge in [0.05, 0.1) is 5.02 Å². The third-order valence-electron chi connectivity index (χ3n) is 1.66. The lowest BCUT2D eigenvalue weighted by Crippen LogP contribution is -1.99. The molecule has 0 atom stereocenters. The van der Waals surface area contributed by atoms with Crippen molar-refractivity contribution in [3.8, 4) is 0 Å². The van der Waals surface area contributed by atoms with Crippen molar-refractivity contribution in [3.05, 3.63) is 28.0 Å². The first kappa shape index (κ1) is 11.3. The molecule has 0 saturated heterocycles. The number of nitrogens with zero attached hydrogens (tertiary/aromatic N) is 1. The maximum Gasteiger partial charge on any atom is 0.265 e. The molecule has 2 nitrogen and oxygen atoms in total. The summed E-state index contributed by atoms with van der Waals surface area (Å²) in [6, 6.07) is 0. The Labute approximate surface area is 88.8 Å². The van der Waals surface area contributed by atoms with E-state index in [2.05, 4.69) is 4.98 Å². The molecular weight excluding hydrogens is 235 g/mol. The first-order chi connectivity index (χ1) is 6.61. The molecule has 0 fully saturated rings. The Bertz CT molecular complexity index is 357. The predicted octanol–water partition coefficient (Wildman–Crippen LogP) is 3.22. The lowest BCUT2D eigenvalue weighted by Gasteiger charge is -2.08. The standard InChI is InChI=1S/C8H5Cl2F2NO/c9-1-4-5(8(11)12)2-13-6(3-14)7(4)10/h2-3,8H,1H2. The summed E-state index contributed by atoms with van der Waals surface area (Å²) in [5.74, 6) is -0.179. The van der Waals surface area contributed by atoms with Gasteiger partial charge in [0.25, 0.3) is 6.43 Å². The van der Waals surface area contributed by atoms with Crippen molar-refractivity contribution in [2.24, 2.45) is 0 Å². The Hall–Kier alpha value is -0.740. The highest BCUT2D eigenvalue weighted by Crippen LogP contribution is 2.30. The highest BCUT2D eigenvalue weighted by molar-refractivity contribution is 6.34. The van der Waals surface area contributed by atoms with E-state index in [4.69, 9.17) is 23.2 Å². The summed E-state index contributed by atoms with van der Waals surface area (Å²) in [5.41, 5.74) is -0.359. The minimum Gasteiger partial charge on any atom is -0.296 e. The molecule has 0 bridgehead atoms. The molecule has 1 aromatic rings. The highest BCUT2D eigenvalue weighted by atomic mass is 35.5. The molecule has 0 amide bonds. The van der Waals surface area contributed by atoms with Crippen LogP contribution in [0.3, 0.4) is 0 Å². The van der Waals surface area contributed by atoms with Crippen LogP contribution in [-0.2, 0) is 5.88 Å². The van der Waals surface area contributed by atoms with E-state index < -0.39 is 6.43 Å². The van der Waals surface area contributed by atoms with Gasteiger partial charge in [-0.05, 0) is 5.56 Å². The van der Waals surface area contributed by atoms with Gasteiger partial charge in [-0.2, -0.15) is 0 Å². The molecule has 0 aliphatic carbocycles. The molecule has 0 aliphatic rings. The van der Waals surface area contributed by atoms with E-state index in [0.717, 1.165) is 6.20 Å². The molecule has 1 aromatic heterocycles. The Morgan fingerprint density at radius 2 is 2.21 bits per heavy atom. The topological polar surface area (TPSA) is 30.0 Å². The summed E-state index contributed by atoms with van der Waals surface area (Å²) in [5, 5.41) is -0.104. The summed E-state index contributed by atoms with van der Waals surface area (Å²) >= 11 is 11.1. The third-order valence-corrected chi connectivity index (χ3v) is 2.35. The second-order valence-electron chi connectivity index (χ2n) is 2.44. The van der Waals surface area contributed by atoms with E-state index >= 15 is 0 Å². The fourth-order valence-corrected chi connectivity index (χ4v) is 1.59. The van der Waals surface area contributed by atoms with Gasteiger partial charge in [0.1, 0.15) is 5.69 Å². The lowest BCUT2D eigenvalue weighted by molar-refractivity contribution is 0.111. The Kier molecular flexibility index (Phi) is 3.77. The number of carbonyl (C=O) groups is 1. The maximum atomic E-state index is 12.4. The number of alkyl halides is 3. The van der Waals surface area contributed by atoms with Crippen molar-refractivity contribution in [2.75, 3.05) is 0 Å². The zero-order valence-electron chi connectivity index (χ0n) is 6.81. The summed E-state index contributed by atoms with van der Waals surface area (Å²) in [7, 11) is 0. The quantitative estimate of drug-likeness (QED) is 0.599. The van der Waals surface area contributed by atoms with E-state index in [1.54, 1.807) is 0 Å². The molecule has 0 radical (unpaired) electrons. The smallest absolute Gasteiger partial charge is 0.265 e. The van der Waals surface area contributed by atoms with Crippen LogP contribution in [0.2, 0.25) is 5.02 Å². The van der Waals surface area contributed by atoms with Gasteiger partial charge in [-0.25, -0.2) is 8.78 Å². The average Bonchev–Trinajstić information content (AvgIpc) is 2.17. The van der Waals surface area contributed by atoms with Crippen LogP contribution in [0.4, 0.5) is 8.78 Å². The normalized spacial score (nSPS) is 10.6. The highest BCUT2D eigenvalue weighted by Gasteiger charge is 2.18. The molecule has 76 valence electrons. The molecule has 0 aliphatic heterocycles. The van der Waals surface area contributed by atoms with Gasteiger partial charge in [-0.1, -0.05) is 11.6 Å². The summed E-state index contributed by atoms with van der Waals surface area (Å²) in [6.07, 6.45) is -1.39. The van der Waals surface area contributed by atoms with Crippen molar-refractivity contribution in [2.45, 2.75) is 12.3 Å². The Morgan fingerprint density at radius 1 is 1.57 bits per heavy atom. The summed E-state index contributed by atoms with van der Waals surface area (Å²) in [6.45, 7) is 0. The molecule has 6 heteroatoms. The van der Waals surface area contributed by atoms with E-state index in [9.17, 15) is 13.6 Å². The van der Waals surface area contributed by atoms with E-state index in [1.165, 1.54) is 0 Å². The second-order valence-corrected chi connectivity index (χ2v) is 3.09. The number of aromatic nitrogens is 1. The van der Waals surface area contributed by atoms with Crippen LogP contribution in [0.25, 0.3) is 0 Å². The monoisotopic (exact) mass is 239 g/mol. The number of aldehydes is 1. The van der Waals surface area contributed by atoms with Gasteiger partial charge < -0.3 is 0 Å². The van der Waals surface area contributed by atoms with Crippen molar-refractivity contribution in [1.82, 2.24) is 4.98 Å².